The number of anilines is 2. The second-order valence-corrected chi connectivity index (χ2v) is 8.17. The highest BCUT2D eigenvalue weighted by atomic mass is 16.2. The summed E-state index contributed by atoms with van der Waals surface area (Å²) in [6.45, 7) is 4.66. The number of hydrogen-bond donors (Lipinski definition) is 2. The van der Waals surface area contributed by atoms with Gasteiger partial charge in [0.2, 0.25) is 5.91 Å². The Kier molecular flexibility index (Phi) is 5.43. The molecule has 0 aromatic carbocycles. The van der Waals surface area contributed by atoms with Gasteiger partial charge in [-0.15, -0.1) is 0 Å². The van der Waals surface area contributed by atoms with Crippen LogP contribution in [0.5, 0.6) is 0 Å². The lowest BCUT2D eigenvalue weighted by Crippen LogP contribution is -2.32. The van der Waals surface area contributed by atoms with E-state index < -0.39 is 11.3 Å². The molecule has 0 aliphatic carbocycles. The molecule has 12 heteroatoms. The number of carbonyl (C=O) groups excluding carboxylic acids is 2. The fourth-order valence-electron chi connectivity index (χ4n) is 3.48. The van der Waals surface area contributed by atoms with Gasteiger partial charge in [-0.25, -0.2) is 9.67 Å². The Labute approximate surface area is 184 Å². The van der Waals surface area contributed by atoms with Gasteiger partial charge in [0, 0.05) is 30.8 Å². The van der Waals surface area contributed by atoms with Crippen molar-refractivity contribution >= 4 is 23.3 Å². The van der Waals surface area contributed by atoms with E-state index in [4.69, 9.17) is 5.84 Å². The van der Waals surface area contributed by atoms with Crippen LogP contribution >= 0.6 is 0 Å². The van der Waals surface area contributed by atoms with Crippen molar-refractivity contribution in [2.45, 2.75) is 26.8 Å². The van der Waals surface area contributed by atoms with E-state index in [1.165, 1.54) is 0 Å². The fourth-order valence-corrected chi connectivity index (χ4v) is 3.48. The average molecular weight is 436 g/mol. The lowest BCUT2D eigenvalue weighted by molar-refractivity contribution is -0.124. The van der Waals surface area contributed by atoms with Crippen LogP contribution in [-0.2, 0) is 18.4 Å². The van der Waals surface area contributed by atoms with E-state index >= 15 is 0 Å². The van der Waals surface area contributed by atoms with Crippen LogP contribution in [-0.4, -0.2) is 42.9 Å². The van der Waals surface area contributed by atoms with Gasteiger partial charge in [0.15, 0.2) is 11.6 Å². The summed E-state index contributed by atoms with van der Waals surface area (Å²) in [6, 6.07) is 5.05. The van der Waals surface area contributed by atoms with Gasteiger partial charge in [-0.3, -0.25) is 19.2 Å². The Morgan fingerprint density at radius 1 is 1.31 bits per heavy atom. The predicted molar refractivity (Wildman–Crippen MR) is 116 cm³/mol. The molecule has 32 heavy (non-hydrogen) atoms. The standard InChI is InChI=1S/C20H24N10O2/c1-20(2)7-8-29(19(20)32)17-15(12-28(3)26-17)25-18(31)14-5-4-6-16(24-14)30-11-13(10-23-30)9-22-27-21/h4-6,10-12H,7-9H2,1-3H3,(H2,21,22)(H,25,31). The van der Waals surface area contributed by atoms with Gasteiger partial charge in [-0.05, 0) is 18.6 Å². The molecular weight excluding hydrogens is 412 g/mol. The van der Waals surface area contributed by atoms with Crippen LogP contribution in [0.1, 0.15) is 36.3 Å². The van der Waals surface area contributed by atoms with E-state index in [-0.39, 0.29) is 11.6 Å². The monoisotopic (exact) mass is 436 g/mol. The van der Waals surface area contributed by atoms with E-state index in [2.05, 4.69) is 30.8 Å². The van der Waals surface area contributed by atoms with E-state index in [9.17, 15) is 9.59 Å². The molecule has 1 saturated heterocycles. The van der Waals surface area contributed by atoms with Crippen LogP contribution in [0.25, 0.3) is 5.82 Å². The van der Waals surface area contributed by atoms with Crippen molar-refractivity contribution < 1.29 is 9.59 Å². The van der Waals surface area contributed by atoms with Crippen LogP contribution < -0.4 is 16.1 Å². The third-order valence-corrected chi connectivity index (χ3v) is 5.27. The Balaban J connectivity index is 1.55. The number of hydrogen-bond acceptors (Lipinski definition) is 7. The van der Waals surface area contributed by atoms with Gasteiger partial charge in [-0.2, -0.15) is 15.3 Å². The van der Waals surface area contributed by atoms with Crippen LogP contribution in [0.4, 0.5) is 11.5 Å². The van der Waals surface area contributed by atoms with Crippen molar-refractivity contribution in [3.8, 4) is 5.82 Å². The van der Waals surface area contributed by atoms with E-state index in [1.807, 2.05) is 13.8 Å². The zero-order valence-electron chi connectivity index (χ0n) is 18.1. The van der Waals surface area contributed by atoms with Gasteiger partial charge in [0.1, 0.15) is 11.4 Å². The zero-order valence-corrected chi connectivity index (χ0v) is 18.1. The van der Waals surface area contributed by atoms with E-state index in [0.29, 0.717) is 30.4 Å². The van der Waals surface area contributed by atoms with Crippen molar-refractivity contribution in [3.05, 3.63) is 48.0 Å². The summed E-state index contributed by atoms with van der Waals surface area (Å²) in [4.78, 5) is 31.7. The highest BCUT2D eigenvalue weighted by Crippen LogP contribution is 2.36. The number of nitrogens with zero attached hydrogens (tertiary/aromatic N) is 8. The SMILES string of the molecule is Cn1cc(NC(=O)c2cccc(-n3cc(CN=NN)cn3)n2)c(N2CCC(C)(C)C2=O)n1. The third-order valence-electron chi connectivity index (χ3n) is 5.27. The number of rotatable bonds is 6. The number of pyridine rings is 1. The van der Waals surface area contributed by atoms with Gasteiger partial charge >= 0.3 is 0 Å². The minimum absolute atomic E-state index is 0.0181. The first-order valence-corrected chi connectivity index (χ1v) is 10.0. The van der Waals surface area contributed by atoms with Crippen LogP contribution in [0.15, 0.2) is 47.1 Å². The summed E-state index contributed by atoms with van der Waals surface area (Å²) < 4.78 is 3.11. The molecule has 1 aliphatic heterocycles. The molecule has 12 nitrogen and oxygen atoms in total. The number of aromatic nitrogens is 5. The van der Waals surface area contributed by atoms with E-state index in [1.54, 1.807) is 58.1 Å². The Hall–Kier alpha value is -4.09. The highest BCUT2D eigenvalue weighted by molar-refractivity contribution is 6.07. The summed E-state index contributed by atoms with van der Waals surface area (Å²) >= 11 is 0. The molecule has 4 rings (SSSR count). The zero-order chi connectivity index (χ0) is 22.9. The molecule has 3 aromatic heterocycles. The molecule has 0 radical (unpaired) electrons. The molecule has 0 unspecified atom stereocenters. The van der Waals surface area contributed by atoms with Gasteiger partial charge in [-0.1, -0.05) is 25.1 Å². The maximum Gasteiger partial charge on any atom is 0.274 e. The van der Waals surface area contributed by atoms with Gasteiger partial charge < -0.3 is 11.2 Å². The molecule has 1 fully saturated rings. The molecule has 4 heterocycles. The summed E-state index contributed by atoms with van der Waals surface area (Å²) in [5.41, 5.74) is 0.991. The third kappa shape index (κ3) is 4.06. The molecule has 0 saturated carbocycles. The number of amides is 2. The molecule has 0 spiro atoms. The summed E-state index contributed by atoms with van der Waals surface area (Å²) in [5.74, 6) is 5.49. The fraction of sp³-hybridized carbons (Fsp3) is 0.350. The van der Waals surface area contributed by atoms with Crippen molar-refractivity contribution in [3.63, 3.8) is 0 Å². The summed E-state index contributed by atoms with van der Waals surface area (Å²) in [5, 5.41) is 18.4. The Morgan fingerprint density at radius 2 is 2.12 bits per heavy atom. The van der Waals surface area contributed by atoms with Crippen LogP contribution in [0.3, 0.4) is 0 Å². The van der Waals surface area contributed by atoms with Crippen molar-refractivity contribution in [2.24, 2.45) is 28.6 Å². The number of aryl methyl sites for hydroxylation is 1. The molecule has 166 valence electrons. The quantitative estimate of drug-likeness (QED) is 0.342. The highest BCUT2D eigenvalue weighted by Gasteiger charge is 2.41. The largest absolute Gasteiger partial charge is 0.316 e. The van der Waals surface area contributed by atoms with Gasteiger partial charge in [0.05, 0.1) is 18.9 Å². The van der Waals surface area contributed by atoms with Crippen LogP contribution in [0, 0.1) is 5.41 Å². The second-order valence-electron chi connectivity index (χ2n) is 8.17. The lowest BCUT2D eigenvalue weighted by atomic mass is 9.92. The van der Waals surface area contributed by atoms with E-state index in [0.717, 1.165) is 12.0 Å². The minimum atomic E-state index is -0.456. The van der Waals surface area contributed by atoms with Crippen molar-refractivity contribution in [2.75, 3.05) is 16.8 Å². The molecule has 2 amide bonds. The molecule has 0 bridgehead atoms. The second kappa shape index (κ2) is 8.21. The number of carbonyl (C=O) groups is 2. The molecule has 3 N–H and O–H groups in total. The molecule has 3 aromatic rings. The topological polar surface area (TPSA) is 149 Å². The summed E-state index contributed by atoms with van der Waals surface area (Å²) in [7, 11) is 1.74. The molecule has 1 aliphatic rings. The first kappa shape index (κ1) is 21.2. The summed E-state index contributed by atoms with van der Waals surface area (Å²) in [6.07, 6.45) is 5.75. The van der Waals surface area contributed by atoms with Crippen molar-refractivity contribution in [1.82, 2.24) is 24.5 Å². The average Bonchev–Trinajstić information content (AvgIpc) is 3.45. The van der Waals surface area contributed by atoms with Gasteiger partial charge in [0.25, 0.3) is 5.91 Å². The lowest BCUT2D eigenvalue weighted by Gasteiger charge is -2.18. The number of nitrogens with two attached hydrogens (primary N) is 1. The molecule has 0 atom stereocenters. The first-order valence-electron chi connectivity index (χ1n) is 10.0. The normalized spacial score (nSPS) is 15.6. The number of nitrogens with one attached hydrogen (secondary N) is 1. The Morgan fingerprint density at radius 3 is 2.84 bits per heavy atom. The first-order chi connectivity index (χ1) is 15.3. The van der Waals surface area contributed by atoms with Crippen LogP contribution in [0.2, 0.25) is 0 Å². The molecular formula is C20H24N10O2. The Bertz CT molecular complexity index is 1190. The maximum atomic E-state index is 12.9. The maximum absolute atomic E-state index is 12.9. The predicted octanol–water partition coefficient (Wildman–Crippen LogP) is 1.84. The van der Waals surface area contributed by atoms with Crippen molar-refractivity contribution in [1.29, 1.82) is 0 Å². The minimum Gasteiger partial charge on any atom is -0.316 e. The smallest absolute Gasteiger partial charge is 0.274 e.